The maximum Gasteiger partial charge on any atom is 0.0737 e. The highest BCUT2D eigenvalue weighted by molar-refractivity contribution is 9.10. The summed E-state index contributed by atoms with van der Waals surface area (Å²) >= 11 is 8.91. The van der Waals surface area contributed by atoms with Crippen molar-refractivity contribution in [3.05, 3.63) is 21.6 Å². The van der Waals surface area contributed by atoms with Crippen molar-refractivity contribution in [1.82, 2.24) is 0 Å². The number of nitrogen functional groups attached to an aromatic ring is 2. The van der Waals surface area contributed by atoms with E-state index in [0.29, 0.717) is 16.4 Å². The van der Waals surface area contributed by atoms with Gasteiger partial charge in [-0.25, -0.2) is 0 Å². The van der Waals surface area contributed by atoms with Crippen molar-refractivity contribution in [3.63, 3.8) is 0 Å². The lowest BCUT2D eigenvalue weighted by Crippen LogP contribution is -1.94. The molecule has 0 fully saturated rings. The second-order valence-corrected chi connectivity index (χ2v) is 3.21. The summed E-state index contributed by atoms with van der Waals surface area (Å²) in [5.74, 6) is 0. The molecule has 0 radical (unpaired) electrons. The highest BCUT2D eigenvalue weighted by Gasteiger charge is 2.00. The molecule has 0 aromatic heterocycles. The van der Waals surface area contributed by atoms with Gasteiger partial charge in [0, 0.05) is 4.47 Å². The molecular formula is C6H6BrClN2. The Bertz CT molecular complexity index is 239. The van der Waals surface area contributed by atoms with E-state index in [0.717, 1.165) is 4.47 Å². The molecule has 1 aromatic rings. The number of hydrogen-bond acceptors (Lipinski definition) is 2. The van der Waals surface area contributed by atoms with E-state index in [1.807, 2.05) is 0 Å². The van der Waals surface area contributed by atoms with Crippen LogP contribution in [0, 0.1) is 0 Å². The summed E-state index contributed by atoms with van der Waals surface area (Å²) in [5.41, 5.74) is 11.9. The van der Waals surface area contributed by atoms with Gasteiger partial charge in [0.1, 0.15) is 0 Å². The van der Waals surface area contributed by atoms with Crippen LogP contribution in [0.2, 0.25) is 5.02 Å². The van der Waals surface area contributed by atoms with E-state index in [2.05, 4.69) is 15.9 Å². The summed E-state index contributed by atoms with van der Waals surface area (Å²) in [7, 11) is 0. The van der Waals surface area contributed by atoms with Crippen LogP contribution in [0.3, 0.4) is 0 Å². The molecular weight excluding hydrogens is 215 g/mol. The molecule has 0 saturated heterocycles. The molecule has 10 heavy (non-hydrogen) atoms. The normalized spacial score (nSPS) is 9.80. The summed E-state index contributed by atoms with van der Waals surface area (Å²) in [6, 6.07) is 3.41. The molecule has 0 amide bonds. The second kappa shape index (κ2) is 2.68. The molecule has 0 aliphatic heterocycles. The summed E-state index contributed by atoms with van der Waals surface area (Å²) in [6.45, 7) is 0. The van der Waals surface area contributed by atoms with Crippen LogP contribution in [-0.4, -0.2) is 0 Å². The third kappa shape index (κ3) is 1.36. The highest BCUT2D eigenvalue weighted by Crippen LogP contribution is 2.28. The number of benzene rings is 1. The minimum absolute atomic E-state index is 0.435. The van der Waals surface area contributed by atoms with E-state index >= 15 is 0 Å². The average Bonchev–Trinajstić information content (AvgIpc) is 1.82. The molecule has 1 rings (SSSR count). The number of nitrogens with two attached hydrogens (primary N) is 2. The van der Waals surface area contributed by atoms with Crippen molar-refractivity contribution in [2.75, 3.05) is 11.5 Å². The lowest BCUT2D eigenvalue weighted by Gasteiger charge is -2.01. The molecule has 1 aromatic carbocycles. The quantitative estimate of drug-likeness (QED) is 0.660. The van der Waals surface area contributed by atoms with Gasteiger partial charge in [-0.05, 0) is 12.1 Å². The summed E-state index contributed by atoms with van der Waals surface area (Å²) in [5, 5.41) is 0.479. The maximum absolute atomic E-state index is 5.68. The van der Waals surface area contributed by atoms with Crippen LogP contribution in [0.25, 0.3) is 0 Å². The van der Waals surface area contributed by atoms with Crippen molar-refractivity contribution < 1.29 is 0 Å². The molecule has 0 heterocycles. The smallest absolute Gasteiger partial charge is 0.0737 e. The van der Waals surface area contributed by atoms with Crippen molar-refractivity contribution in [3.8, 4) is 0 Å². The zero-order valence-electron chi connectivity index (χ0n) is 5.07. The first-order valence-corrected chi connectivity index (χ1v) is 3.78. The van der Waals surface area contributed by atoms with Gasteiger partial charge in [-0.1, -0.05) is 27.5 Å². The van der Waals surface area contributed by atoms with Gasteiger partial charge in [-0.2, -0.15) is 0 Å². The van der Waals surface area contributed by atoms with Crippen LogP contribution in [0.5, 0.6) is 0 Å². The third-order valence-electron chi connectivity index (χ3n) is 1.13. The first-order valence-electron chi connectivity index (χ1n) is 2.61. The van der Waals surface area contributed by atoms with Crippen LogP contribution >= 0.6 is 27.5 Å². The van der Waals surface area contributed by atoms with E-state index in [4.69, 9.17) is 23.1 Å². The Hall–Kier alpha value is -0.410. The zero-order valence-corrected chi connectivity index (χ0v) is 7.41. The Kier molecular flexibility index (Phi) is 2.06. The largest absolute Gasteiger partial charge is 0.397 e. The van der Waals surface area contributed by atoms with E-state index in [9.17, 15) is 0 Å². The Morgan fingerprint density at radius 3 is 2.40 bits per heavy atom. The summed E-state index contributed by atoms with van der Waals surface area (Å²) < 4.78 is 0.837. The fraction of sp³-hybridized carbons (Fsp3) is 0. The number of hydrogen-bond donors (Lipinski definition) is 2. The zero-order chi connectivity index (χ0) is 7.72. The van der Waals surface area contributed by atoms with Gasteiger partial charge >= 0.3 is 0 Å². The minimum Gasteiger partial charge on any atom is -0.397 e. The topological polar surface area (TPSA) is 52.0 Å². The monoisotopic (exact) mass is 220 g/mol. The lowest BCUT2D eigenvalue weighted by molar-refractivity contribution is 1.62. The van der Waals surface area contributed by atoms with Gasteiger partial charge < -0.3 is 11.5 Å². The van der Waals surface area contributed by atoms with Crippen molar-refractivity contribution in [2.24, 2.45) is 0 Å². The number of anilines is 2. The lowest BCUT2D eigenvalue weighted by atomic mass is 10.3. The molecule has 4 N–H and O–H groups in total. The Morgan fingerprint density at radius 1 is 1.30 bits per heavy atom. The Labute approximate surface area is 72.3 Å². The minimum atomic E-state index is 0.435. The SMILES string of the molecule is Nc1cc(Br)cc(Cl)c1N. The fourth-order valence-corrected chi connectivity index (χ4v) is 1.44. The predicted molar refractivity (Wildman–Crippen MR) is 48.0 cm³/mol. The molecule has 2 nitrogen and oxygen atoms in total. The van der Waals surface area contributed by atoms with Crippen LogP contribution in [0.15, 0.2) is 16.6 Å². The fourth-order valence-electron chi connectivity index (χ4n) is 0.605. The van der Waals surface area contributed by atoms with Gasteiger partial charge in [-0.15, -0.1) is 0 Å². The summed E-state index contributed by atoms with van der Waals surface area (Å²) in [6.07, 6.45) is 0. The summed E-state index contributed by atoms with van der Waals surface area (Å²) in [4.78, 5) is 0. The average molecular weight is 221 g/mol. The second-order valence-electron chi connectivity index (χ2n) is 1.89. The molecule has 0 unspecified atom stereocenters. The van der Waals surface area contributed by atoms with E-state index in [1.165, 1.54) is 0 Å². The molecule has 0 saturated carbocycles. The van der Waals surface area contributed by atoms with E-state index < -0.39 is 0 Å². The molecule has 0 aliphatic rings. The van der Waals surface area contributed by atoms with E-state index in [1.54, 1.807) is 12.1 Å². The first-order chi connectivity index (χ1) is 4.61. The predicted octanol–water partition coefficient (Wildman–Crippen LogP) is 2.27. The molecule has 0 atom stereocenters. The number of halogens is 2. The molecule has 4 heteroatoms. The molecule has 0 spiro atoms. The van der Waals surface area contributed by atoms with Gasteiger partial charge in [0.15, 0.2) is 0 Å². The maximum atomic E-state index is 5.68. The van der Waals surface area contributed by atoms with Gasteiger partial charge in [-0.3, -0.25) is 0 Å². The van der Waals surface area contributed by atoms with Gasteiger partial charge in [0.25, 0.3) is 0 Å². The van der Waals surface area contributed by atoms with Gasteiger partial charge in [0.05, 0.1) is 16.4 Å². The highest BCUT2D eigenvalue weighted by atomic mass is 79.9. The number of rotatable bonds is 0. The first kappa shape index (κ1) is 7.69. The van der Waals surface area contributed by atoms with Crippen LogP contribution in [0.4, 0.5) is 11.4 Å². The van der Waals surface area contributed by atoms with Crippen LogP contribution < -0.4 is 11.5 Å². The van der Waals surface area contributed by atoms with E-state index in [-0.39, 0.29) is 0 Å². The van der Waals surface area contributed by atoms with Crippen molar-refractivity contribution >= 4 is 38.9 Å². The van der Waals surface area contributed by atoms with Crippen molar-refractivity contribution in [2.45, 2.75) is 0 Å². The molecule has 0 aliphatic carbocycles. The third-order valence-corrected chi connectivity index (χ3v) is 1.90. The molecule has 0 bridgehead atoms. The Morgan fingerprint density at radius 2 is 1.90 bits per heavy atom. The van der Waals surface area contributed by atoms with Crippen LogP contribution in [-0.2, 0) is 0 Å². The van der Waals surface area contributed by atoms with Gasteiger partial charge in [0.2, 0.25) is 0 Å². The van der Waals surface area contributed by atoms with Crippen molar-refractivity contribution in [1.29, 1.82) is 0 Å². The standard InChI is InChI=1S/C6H6BrClN2/c7-3-1-4(8)6(10)5(9)2-3/h1-2H,9-10H2. The Balaban J connectivity index is 3.31. The molecule has 54 valence electrons. The van der Waals surface area contributed by atoms with Crippen LogP contribution in [0.1, 0.15) is 0 Å².